The second-order valence-electron chi connectivity index (χ2n) is 5.84. The van der Waals surface area contributed by atoms with E-state index in [4.69, 9.17) is 11.6 Å². The van der Waals surface area contributed by atoms with Gasteiger partial charge >= 0.3 is 0 Å². The lowest BCUT2D eigenvalue weighted by atomic mass is 10.2. The van der Waals surface area contributed by atoms with Gasteiger partial charge in [0.2, 0.25) is 0 Å². The third-order valence-electron chi connectivity index (χ3n) is 3.78. The van der Waals surface area contributed by atoms with Gasteiger partial charge in [-0.2, -0.15) is 0 Å². The second-order valence-corrected chi connectivity index (χ2v) is 7.93. The number of anilines is 2. The molecule has 0 fully saturated rings. The molecule has 3 rings (SSSR count). The van der Waals surface area contributed by atoms with Crippen molar-refractivity contribution in [2.24, 2.45) is 0 Å². The largest absolute Gasteiger partial charge is 0.322 e. The number of hydrogen-bond acceptors (Lipinski definition) is 3. The lowest BCUT2D eigenvalue weighted by Crippen LogP contribution is -2.14. The zero-order valence-electron chi connectivity index (χ0n) is 14.4. The average molecular weight is 441 g/mol. The first-order chi connectivity index (χ1) is 13.7. The highest BCUT2D eigenvalue weighted by atomic mass is 35.5. The summed E-state index contributed by atoms with van der Waals surface area (Å²) in [5.74, 6) is -3.49. The quantitative estimate of drug-likeness (QED) is 0.597. The number of carbonyl (C=O) groups excluding carboxylic acids is 1. The molecule has 0 aliphatic carbocycles. The lowest BCUT2D eigenvalue weighted by Gasteiger charge is -2.10. The smallest absolute Gasteiger partial charge is 0.261 e. The van der Waals surface area contributed by atoms with Crippen LogP contribution in [-0.4, -0.2) is 14.3 Å². The molecule has 0 radical (unpaired) electrons. The van der Waals surface area contributed by atoms with Crippen molar-refractivity contribution in [2.45, 2.75) is 4.90 Å². The number of carbonyl (C=O) groups is 1. The minimum atomic E-state index is -4.02. The van der Waals surface area contributed by atoms with E-state index in [1.807, 2.05) is 0 Å². The van der Waals surface area contributed by atoms with Gasteiger partial charge in [0.05, 0.1) is 9.92 Å². The predicted octanol–water partition coefficient (Wildman–Crippen LogP) is 4.81. The Morgan fingerprint density at radius 2 is 1.41 bits per heavy atom. The molecule has 0 atom stereocenters. The lowest BCUT2D eigenvalue weighted by molar-refractivity contribution is 0.102. The highest BCUT2D eigenvalue weighted by Gasteiger charge is 2.16. The topological polar surface area (TPSA) is 75.3 Å². The van der Waals surface area contributed by atoms with Crippen LogP contribution in [0.3, 0.4) is 0 Å². The summed E-state index contributed by atoms with van der Waals surface area (Å²) in [6.07, 6.45) is 0. The summed E-state index contributed by atoms with van der Waals surface area (Å²) in [4.78, 5) is 11.9. The van der Waals surface area contributed by atoms with Crippen LogP contribution in [0.15, 0.2) is 65.6 Å². The predicted molar refractivity (Wildman–Crippen MR) is 103 cm³/mol. The highest BCUT2D eigenvalue weighted by Crippen LogP contribution is 2.22. The summed E-state index contributed by atoms with van der Waals surface area (Å²) >= 11 is 5.61. The van der Waals surface area contributed by atoms with Crippen LogP contribution >= 0.6 is 11.6 Å². The Bertz CT molecular complexity index is 1190. The van der Waals surface area contributed by atoms with Gasteiger partial charge in [-0.25, -0.2) is 21.6 Å². The van der Waals surface area contributed by atoms with Crippen LogP contribution in [0, 0.1) is 17.5 Å². The molecule has 5 nitrogen and oxygen atoms in total. The minimum absolute atomic E-state index is 0.0619. The first-order valence-electron chi connectivity index (χ1n) is 8.00. The molecule has 0 bridgehead atoms. The fourth-order valence-electron chi connectivity index (χ4n) is 2.32. The number of amides is 1. The van der Waals surface area contributed by atoms with Gasteiger partial charge in [0.1, 0.15) is 5.82 Å². The van der Waals surface area contributed by atoms with Crippen molar-refractivity contribution in [2.75, 3.05) is 10.0 Å². The van der Waals surface area contributed by atoms with E-state index >= 15 is 0 Å². The first kappa shape index (κ1) is 20.7. The van der Waals surface area contributed by atoms with Crippen molar-refractivity contribution in [1.82, 2.24) is 0 Å². The molecule has 10 heteroatoms. The molecule has 3 aromatic carbocycles. The molecule has 3 aromatic rings. The molecule has 0 aliphatic heterocycles. The fraction of sp³-hybridized carbons (Fsp3) is 0. The summed E-state index contributed by atoms with van der Waals surface area (Å²) < 4.78 is 66.3. The van der Waals surface area contributed by atoms with Crippen molar-refractivity contribution < 1.29 is 26.4 Å². The molecule has 0 unspecified atom stereocenters. The van der Waals surface area contributed by atoms with E-state index in [9.17, 15) is 26.4 Å². The maximum Gasteiger partial charge on any atom is 0.261 e. The Kier molecular flexibility index (Phi) is 5.81. The molecule has 29 heavy (non-hydrogen) atoms. The van der Waals surface area contributed by atoms with Gasteiger partial charge in [-0.3, -0.25) is 9.52 Å². The highest BCUT2D eigenvalue weighted by molar-refractivity contribution is 7.92. The molecule has 0 aliphatic rings. The van der Waals surface area contributed by atoms with Crippen LogP contribution in [0.25, 0.3) is 0 Å². The number of rotatable bonds is 5. The molecule has 0 heterocycles. The maximum absolute atomic E-state index is 13.2. The Morgan fingerprint density at radius 3 is 2.03 bits per heavy atom. The van der Waals surface area contributed by atoms with Crippen LogP contribution in [-0.2, 0) is 10.0 Å². The van der Waals surface area contributed by atoms with Crippen LogP contribution < -0.4 is 10.0 Å². The molecular formula is C19H12ClF3N2O3S. The molecule has 0 spiro atoms. The van der Waals surface area contributed by atoms with Gasteiger partial charge in [0.25, 0.3) is 15.9 Å². The molecule has 0 saturated carbocycles. The number of benzene rings is 3. The summed E-state index contributed by atoms with van der Waals surface area (Å²) in [5, 5.41) is 2.06. The van der Waals surface area contributed by atoms with Gasteiger partial charge in [-0.05, 0) is 54.6 Å². The van der Waals surface area contributed by atoms with Crippen LogP contribution in [0.2, 0.25) is 5.02 Å². The average Bonchev–Trinajstić information content (AvgIpc) is 2.67. The standard InChI is InChI=1S/C19H12ClF3N2O3S/c20-15-10-14(6-8-16(15)21)29(27,28)25-12-3-1-11(2-4-12)19(26)24-13-5-7-17(22)18(23)9-13/h1-10,25H,(H,24,26). The minimum Gasteiger partial charge on any atom is -0.322 e. The van der Waals surface area contributed by atoms with E-state index in [2.05, 4.69) is 10.0 Å². The zero-order chi connectivity index (χ0) is 21.2. The third-order valence-corrected chi connectivity index (χ3v) is 5.45. The zero-order valence-corrected chi connectivity index (χ0v) is 16.0. The Balaban J connectivity index is 1.73. The van der Waals surface area contributed by atoms with Crippen LogP contribution in [0.4, 0.5) is 24.5 Å². The second kappa shape index (κ2) is 8.14. The molecule has 2 N–H and O–H groups in total. The molecule has 0 aromatic heterocycles. The first-order valence-corrected chi connectivity index (χ1v) is 9.86. The van der Waals surface area contributed by atoms with E-state index in [0.29, 0.717) is 0 Å². The van der Waals surface area contributed by atoms with Gasteiger partial charge in [-0.15, -0.1) is 0 Å². The van der Waals surface area contributed by atoms with Gasteiger partial charge in [0.15, 0.2) is 11.6 Å². The number of hydrogen-bond donors (Lipinski definition) is 2. The van der Waals surface area contributed by atoms with Crippen molar-refractivity contribution >= 4 is 38.9 Å². The molecule has 1 amide bonds. The summed E-state index contributed by atoms with van der Waals surface area (Å²) in [7, 11) is -4.02. The maximum atomic E-state index is 13.2. The number of nitrogens with one attached hydrogen (secondary N) is 2. The van der Waals surface area contributed by atoms with Crippen molar-refractivity contribution in [3.05, 3.63) is 88.7 Å². The Labute approximate surface area is 169 Å². The Hall–Kier alpha value is -3.04. The van der Waals surface area contributed by atoms with E-state index in [1.165, 1.54) is 30.3 Å². The van der Waals surface area contributed by atoms with Gasteiger partial charge in [-0.1, -0.05) is 11.6 Å². The van der Waals surface area contributed by atoms with Crippen LogP contribution in [0.1, 0.15) is 10.4 Å². The summed E-state index contributed by atoms with van der Waals surface area (Å²) in [6, 6.07) is 11.2. The SMILES string of the molecule is O=C(Nc1ccc(F)c(F)c1)c1ccc(NS(=O)(=O)c2ccc(F)c(Cl)c2)cc1. The van der Waals surface area contributed by atoms with Crippen molar-refractivity contribution in [3.63, 3.8) is 0 Å². The fourth-order valence-corrected chi connectivity index (χ4v) is 3.65. The van der Waals surface area contributed by atoms with E-state index in [-0.39, 0.29) is 26.9 Å². The van der Waals surface area contributed by atoms with Crippen molar-refractivity contribution in [3.8, 4) is 0 Å². The third kappa shape index (κ3) is 4.87. The molecular weight excluding hydrogens is 429 g/mol. The van der Waals surface area contributed by atoms with Crippen molar-refractivity contribution in [1.29, 1.82) is 0 Å². The van der Waals surface area contributed by atoms with Gasteiger partial charge < -0.3 is 5.32 Å². The number of sulfonamides is 1. The number of halogens is 4. The monoisotopic (exact) mass is 440 g/mol. The summed E-state index contributed by atoms with van der Waals surface area (Å²) in [5.41, 5.74) is 0.365. The van der Waals surface area contributed by atoms with E-state index in [1.54, 1.807) is 0 Å². The molecule has 150 valence electrons. The van der Waals surface area contributed by atoms with E-state index < -0.39 is 33.4 Å². The van der Waals surface area contributed by atoms with E-state index in [0.717, 1.165) is 30.3 Å². The Morgan fingerprint density at radius 1 is 0.793 bits per heavy atom. The van der Waals surface area contributed by atoms with Gasteiger partial charge in [0, 0.05) is 23.0 Å². The van der Waals surface area contributed by atoms with Crippen LogP contribution in [0.5, 0.6) is 0 Å². The summed E-state index contributed by atoms with van der Waals surface area (Å²) in [6.45, 7) is 0. The normalized spacial score (nSPS) is 11.2. The molecule has 0 saturated heterocycles.